The molecule has 2 rings (SSSR count). The van der Waals surface area contributed by atoms with E-state index in [9.17, 15) is 4.79 Å². The van der Waals surface area contributed by atoms with E-state index in [1.165, 1.54) is 25.8 Å². The van der Waals surface area contributed by atoms with Crippen LogP contribution in [-0.4, -0.2) is 41.5 Å². The van der Waals surface area contributed by atoms with Crippen LogP contribution in [0, 0.1) is 5.92 Å². The SMILES string of the molecule is CCN(CC1CCC1)C1CCC(NC(C)C)(C(N)=O)C1. The fourth-order valence-corrected chi connectivity index (χ4v) is 3.85. The summed E-state index contributed by atoms with van der Waals surface area (Å²) in [4.78, 5) is 14.5. The lowest BCUT2D eigenvalue weighted by molar-refractivity contribution is -0.124. The van der Waals surface area contributed by atoms with Crippen LogP contribution in [0.5, 0.6) is 0 Å². The van der Waals surface area contributed by atoms with E-state index in [-0.39, 0.29) is 5.91 Å². The monoisotopic (exact) mass is 281 g/mol. The van der Waals surface area contributed by atoms with E-state index in [1.54, 1.807) is 0 Å². The zero-order valence-electron chi connectivity index (χ0n) is 13.3. The largest absolute Gasteiger partial charge is 0.368 e. The third-order valence-corrected chi connectivity index (χ3v) is 5.17. The average molecular weight is 281 g/mol. The van der Waals surface area contributed by atoms with E-state index in [1.807, 2.05) is 0 Å². The molecule has 2 saturated carbocycles. The lowest BCUT2D eigenvalue weighted by atomic mass is 9.84. The van der Waals surface area contributed by atoms with Gasteiger partial charge < -0.3 is 16.0 Å². The first-order valence-corrected chi connectivity index (χ1v) is 8.28. The van der Waals surface area contributed by atoms with Gasteiger partial charge in [0.05, 0.1) is 5.54 Å². The number of nitrogens with zero attached hydrogens (tertiary/aromatic N) is 1. The maximum Gasteiger partial charge on any atom is 0.237 e. The first-order valence-electron chi connectivity index (χ1n) is 8.28. The number of nitrogens with one attached hydrogen (secondary N) is 1. The molecule has 0 aromatic heterocycles. The lowest BCUT2D eigenvalue weighted by Crippen LogP contribution is -2.57. The zero-order chi connectivity index (χ0) is 14.8. The normalized spacial score (nSPS) is 30.9. The van der Waals surface area contributed by atoms with Crippen LogP contribution in [0.2, 0.25) is 0 Å². The minimum absolute atomic E-state index is 0.173. The number of hydrogen-bond donors (Lipinski definition) is 2. The van der Waals surface area contributed by atoms with Crippen molar-refractivity contribution in [3.8, 4) is 0 Å². The highest BCUT2D eigenvalue weighted by Crippen LogP contribution is 2.35. The van der Waals surface area contributed by atoms with Gasteiger partial charge in [0.2, 0.25) is 5.91 Å². The molecule has 2 aliphatic rings. The first kappa shape index (κ1) is 15.8. The van der Waals surface area contributed by atoms with E-state index in [0.717, 1.165) is 31.7 Å². The van der Waals surface area contributed by atoms with Gasteiger partial charge in [-0.25, -0.2) is 0 Å². The van der Waals surface area contributed by atoms with Gasteiger partial charge in [0.1, 0.15) is 0 Å². The third kappa shape index (κ3) is 3.34. The molecule has 0 aromatic rings. The smallest absolute Gasteiger partial charge is 0.237 e. The highest BCUT2D eigenvalue weighted by molar-refractivity contribution is 5.85. The van der Waals surface area contributed by atoms with E-state index >= 15 is 0 Å². The Kier molecular flexibility index (Phi) is 5.08. The van der Waals surface area contributed by atoms with Gasteiger partial charge in [0, 0.05) is 18.6 Å². The molecule has 0 saturated heterocycles. The van der Waals surface area contributed by atoms with Crippen molar-refractivity contribution < 1.29 is 4.79 Å². The van der Waals surface area contributed by atoms with Crippen molar-refractivity contribution in [2.24, 2.45) is 11.7 Å². The molecule has 2 aliphatic carbocycles. The fourth-order valence-electron chi connectivity index (χ4n) is 3.85. The third-order valence-electron chi connectivity index (χ3n) is 5.17. The Bertz CT molecular complexity index is 341. The Balaban J connectivity index is 1.98. The van der Waals surface area contributed by atoms with Gasteiger partial charge in [-0.1, -0.05) is 13.3 Å². The molecule has 0 heterocycles. The van der Waals surface area contributed by atoms with Crippen molar-refractivity contribution in [1.82, 2.24) is 10.2 Å². The van der Waals surface area contributed by atoms with Crippen LogP contribution in [0.25, 0.3) is 0 Å². The van der Waals surface area contributed by atoms with Crippen LogP contribution in [0.4, 0.5) is 0 Å². The average Bonchev–Trinajstić information content (AvgIpc) is 2.72. The van der Waals surface area contributed by atoms with Gasteiger partial charge in [-0.15, -0.1) is 0 Å². The molecule has 0 aromatic carbocycles. The van der Waals surface area contributed by atoms with Crippen LogP contribution in [0.15, 0.2) is 0 Å². The van der Waals surface area contributed by atoms with E-state index in [4.69, 9.17) is 5.73 Å². The molecule has 4 nitrogen and oxygen atoms in total. The van der Waals surface area contributed by atoms with Crippen molar-refractivity contribution >= 4 is 5.91 Å². The summed E-state index contributed by atoms with van der Waals surface area (Å²) >= 11 is 0. The molecule has 0 radical (unpaired) electrons. The van der Waals surface area contributed by atoms with Gasteiger partial charge in [-0.2, -0.15) is 0 Å². The Morgan fingerprint density at radius 3 is 2.55 bits per heavy atom. The Hall–Kier alpha value is -0.610. The van der Waals surface area contributed by atoms with Crippen LogP contribution in [0.1, 0.15) is 59.3 Å². The fraction of sp³-hybridized carbons (Fsp3) is 0.938. The maximum atomic E-state index is 11.9. The standard InChI is InChI=1S/C16H31N3O/c1-4-19(11-13-6-5-7-13)14-8-9-16(10-14,15(17)20)18-12(2)3/h12-14,18H,4-11H2,1-3H3,(H2,17,20). The van der Waals surface area contributed by atoms with E-state index in [2.05, 4.69) is 31.0 Å². The van der Waals surface area contributed by atoms with Crippen molar-refractivity contribution in [1.29, 1.82) is 0 Å². The second-order valence-electron chi connectivity index (χ2n) is 7.03. The summed E-state index contributed by atoms with van der Waals surface area (Å²) in [5.41, 5.74) is 5.22. The summed E-state index contributed by atoms with van der Waals surface area (Å²) in [6.07, 6.45) is 7.01. The molecular weight excluding hydrogens is 250 g/mol. The number of rotatable bonds is 7. The van der Waals surface area contributed by atoms with Crippen LogP contribution in [0.3, 0.4) is 0 Å². The summed E-state index contributed by atoms with van der Waals surface area (Å²) in [5, 5.41) is 3.44. The Labute approximate surface area is 123 Å². The summed E-state index contributed by atoms with van der Waals surface area (Å²) in [5.74, 6) is 0.713. The minimum Gasteiger partial charge on any atom is -0.368 e. The predicted octanol–water partition coefficient (Wildman–Crippen LogP) is 1.88. The molecule has 20 heavy (non-hydrogen) atoms. The van der Waals surface area contributed by atoms with Gasteiger partial charge >= 0.3 is 0 Å². The minimum atomic E-state index is -0.480. The van der Waals surface area contributed by atoms with Crippen LogP contribution in [-0.2, 0) is 4.79 Å². The second kappa shape index (κ2) is 6.44. The lowest BCUT2D eigenvalue weighted by Gasteiger charge is -2.36. The van der Waals surface area contributed by atoms with Crippen LogP contribution < -0.4 is 11.1 Å². The van der Waals surface area contributed by atoms with Gasteiger partial charge in [-0.05, 0) is 58.4 Å². The number of carbonyl (C=O) groups is 1. The molecule has 0 spiro atoms. The number of nitrogens with two attached hydrogens (primary N) is 1. The Morgan fingerprint density at radius 2 is 2.10 bits per heavy atom. The van der Waals surface area contributed by atoms with Crippen molar-refractivity contribution in [2.45, 2.75) is 76.9 Å². The molecule has 0 aliphatic heterocycles. The predicted molar refractivity (Wildman–Crippen MR) is 82.4 cm³/mol. The quantitative estimate of drug-likeness (QED) is 0.749. The summed E-state index contributed by atoms with van der Waals surface area (Å²) in [6, 6.07) is 0.808. The number of carbonyl (C=O) groups excluding carboxylic acids is 1. The topological polar surface area (TPSA) is 58.4 Å². The van der Waals surface area contributed by atoms with Crippen molar-refractivity contribution in [3.63, 3.8) is 0 Å². The molecule has 0 bridgehead atoms. The van der Waals surface area contributed by atoms with Crippen LogP contribution >= 0.6 is 0 Å². The second-order valence-corrected chi connectivity index (χ2v) is 7.03. The zero-order valence-corrected chi connectivity index (χ0v) is 13.3. The van der Waals surface area contributed by atoms with Gasteiger partial charge in [-0.3, -0.25) is 4.79 Å². The number of amides is 1. The van der Waals surface area contributed by atoms with Gasteiger partial charge in [0.25, 0.3) is 0 Å². The summed E-state index contributed by atoms with van der Waals surface area (Å²) in [7, 11) is 0. The Morgan fingerprint density at radius 1 is 1.40 bits per heavy atom. The molecule has 2 unspecified atom stereocenters. The van der Waals surface area contributed by atoms with Crippen molar-refractivity contribution in [3.05, 3.63) is 0 Å². The first-order chi connectivity index (χ1) is 9.47. The molecule has 3 N–H and O–H groups in total. The molecular formula is C16H31N3O. The highest BCUT2D eigenvalue weighted by Gasteiger charge is 2.45. The summed E-state index contributed by atoms with van der Waals surface area (Å²) in [6.45, 7) is 8.70. The molecule has 4 heteroatoms. The maximum absolute atomic E-state index is 11.9. The van der Waals surface area contributed by atoms with Crippen molar-refractivity contribution in [2.75, 3.05) is 13.1 Å². The number of hydrogen-bond acceptors (Lipinski definition) is 3. The molecule has 1 amide bonds. The number of primary amides is 1. The highest BCUT2D eigenvalue weighted by atomic mass is 16.1. The molecule has 2 atom stereocenters. The van der Waals surface area contributed by atoms with E-state index < -0.39 is 5.54 Å². The molecule has 116 valence electrons. The summed E-state index contributed by atoms with van der Waals surface area (Å²) < 4.78 is 0. The van der Waals surface area contributed by atoms with E-state index in [0.29, 0.717) is 12.1 Å². The molecule has 2 fully saturated rings. The van der Waals surface area contributed by atoms with Gasteiger partial charge in [0.15, 0.2) is 0 Å².